The maximum Gasteiger partial charge on any atom is 0.226 e. The lowest BCUT2D eigenvalue weighted by molar-refractivity contribution is -0.121. The Morgan fingerprint density at radius 2 is 1.90 bits per heavy atom. The Kier molecular flexibility index (Phi) is 7.18. The molecule has 0 saturated carbocycles. The third kappa shape index (κ3) is 5.03. The number of carbonyl (C=O) groups excluding carboxylic acids is 1. The maximum atomic E-state index is 13.7. The summed E-state index contributed by atoms with van der Waals surface area (Å²) >= 11 is 13.3. The van der Waals surface area contributed by atoms with E-state index in [1.807, 2.05) is 17.5 Å². The summed E-state index contributed by atoms with van der Waals surface area (Å²) in [6, 6.07) is 7.59. The number of carbonyl (C=O) groups is 1. The third-order valence-electron chi connectivity index (χ3n) is 4.41. The standard InChI is InChI=1S/C21H19Cl2FN2O3S/c1-11(14-8-17(24)16(23)9-15(14)22)25-20(27)7-13-10-30-21(26-13)12-4-5-18(28-2)19(6-12)29-3/h4-6,8-11H,7H2,1-3H3,(H,25,27). The van der Waals surface area contributed by atoms with Gasteiger partial charge in [0.2, 0.25) is 5.91 Å². The molecule has 3 rings (SSSR count). The molecule has 9 heteroatoms. The van der Waals surface area contributed by atoms with E-state index in [0.717, 1.165) is 10.6 Å². The van der Waals surface area contributed by atoms with Gasteiger partial charge in [0, 0.05) is 16.0 Å². The molecule has 1 heterocycles. The van der Waals surface area contributed by atoms with Crippen molar-refractivity contribution in [1.82, 2.24) is 10.3 Å². The summed E-state index contributed by atoms with van der Waals surface area (Å²) in [5.74, 6) is 0.392. The van der Waals surface area contributed by atoms with E-state index in [1.165, 1.54) is 23.5 Å². The molecule has 30 heavy (non-hydrogen) atoms. The number of hydrogen-bond donors (Lipinski definition) is 1. The minimum absolute atomic E-state index is 0.0626. The van der Waals surface area contributed by atoms with Crippen molar-refractivity contribution in [3.8, 4) is 22.1 Å². The second-order valence-corrected chi connectivity index (χ2v) is 8.14. The molecule has 1 N–H and O–H groups in total. The highest BCUT2D eigenvalue weighted by Gasteiger charge is 2.17. The second kappa shape index (κ2) is 9.64. The normalized spacial score (nSPS) is 11.8. The first-order chi connectivity index (χ1) is 14.3. The van der Waals surface area contributed by atoms with Gasteiger partial charge in [-0.15, -0.1) is 11.3 Å². The number of nitrogens with zero attached hydrogens (tertiary/aromatic N) is 1. The number of nitrogens with one attached hydrogen (secondary N) is 1. The van der Waals surface area contributed by atoms with Crippen LogP contribution in [0, 0.1) is 5.82 Å². The molecule has 0 saturated heterocycles. The molecular weight excluding hydrogens is 450 g/mol. The van der Waals surface area contributed by atoms with Crippen LogP contribution in [0.25, 0.3) is 10.6 Å². The van der Waals surface area contributed by atoms with Crippen molar-refractivity contribution in [2.24, 2.45) is 0 Å². The quantitative estimate of drug-likeness (QED) is 0.452. The molecule has 5 nitrogen and oxygen atoms in total. The summed E-state index contributed by atoms with van der Waals surface area (Å²) in [4.78, 5) is 17.0. The SMILES string of the molecule is COc1ccc(-c2nc(CC(=O)NC(C)c3cc(F)c(Cl)cc3Cl)cs2)cc1OC. The predicted octanol–water partition coefficient (Wildman–Crippen LogP) is 5.69. The van der Waals surface area contributed by atoms with Crippen molar-refractivity contribution in [3.05, 3.63) is 62.8 Å². The lowest BCUT2D eigenvalue weighted by Crippen LogP contribution is -2.28. The third-order valence-corrected chi connectivity index (χ3v) is 5.96. The van der Waals surface area contributed by atoms with E-state index >= 15 is 0 Å². The molecule has 1 aromatic heterocycles. The highest BCUT2D eigenvalue weighted by molar-refractivity contribution is 7.13. The van der Waals surface area contributed by atoms with Crippen LogP contribution in [0.2, 0.25) is 10.0 Å². The molecule has 0 bridgehead atoms. The van der Waals surface area contributed by atoms with Crippen molar-refractivity contribution in [1.29, 1.82) is 0 Å². The van der Waals surface area contributed by atoms with E-state index in [4.69, 9.17) is 32.7 Å². The number of ether oxygens (including phenoxy) is 2. The lowest BCUT2D eigenvalue weighted by atomic mass is 10.1. The van der Waals surface area contributed by atoms with Crippen molar-refractivity contribution < 1.29 is 18.7 Å². The largest absolute Gasteiger partial charge is 0.493 e. The fourth-order valence-corrected chi connectivity index (χ4v) is 4.26. The molecule has 0 radical (unpaired) electrons. The number of thiazole rings is 1. The molecule has 0 aliphatic carbocycles. The summed E-state index contributed by atoms with van der Waals surface area (Å²) in [6.45, 7) is 1.72. The monoisotopic (exact) mass is 468 g/mol. The molecule has 0 fully saturated rings. The number of aromatic nitrogens is 1. The van der Waals surface area contributed by atoms with Gasteiger partial charge in [-0.05, 0) is 42.8 Å². The predicted molar refractivity (Wildman–Crippen MR) is 117 cm³/mol. The number of methoxy groups -OCH3 is 2. The van der Waals surface area contributed by atoms with Gasteiger partial charge < -0.3 is 14.8 Å². The Bertz CT molecular complexity index is 1070. The van der Waals surface area contributed by atoms with Gasteiger partial charge in [0.05, 0.1) is 37.4 Å². The van der Waals surface area contributed by atoms with Crippen molar-refractivity contribution in [3.63, 3.8) is 0 Å². The van der Waals surface area contributed by atoms with Gasteiger partial charge in [-0.2, -0.15) is 0 Å². The Morgan fingerprint density at radius 1 is 1.17 bits per heavy atom. The molecule has 3 aromatic rings. The van der Waals surface area contributed by atoms with Gasteiger partial charge >= 0.3 is 0 Å². The first-order valence-electron chi connectivity index (χ1n) is 8.93. The Balaban J connectivity index is 1.69. The first-order valence-corrected chi connectivity index (χ1v) is 10.6. The molecule has 1 atom stereocenters. The zero-order valence-corrected chi connectivity index (χ0v) is 18.8. The van der Waals surface area contributed by atoms with E-state index in [9.17, 15) is 9.18 Å². The average Bonchev–Trinajstić information content (AvgIpc) is 3.18. The number of benzene rings is 2. The summed E-state index contributed by atoms with van der Waals surface area (Å²) in [7, 11) is 3.14. The van der Waals surface area contributed by atoms with Crippen molar-refractivity contribution >= 4 is 40.4 Å². The van der Waals surface area contributed by atoms with Gasteiger partial charge in [-0.3, -0.25) is 4.79 Å². The van der Waals surface area contributed by atoms with Crippen LogP contribution in [-0.2, 0) is 11.2 Å². The van der Waals surface area contributed by atoms with E-state index in [2.05, 4.69) is 10.3 Å². The van der Waals surface area contributed by atoms with E-state index in [1.54, 1.807) is 27.2 Å². The Morgan fingerprint density at radius 3 is 2.60 bits per heavy atom. The fourth-order valence-electron chi connectivity index (χ4n) is 2.89. The fraction of sp³-hybridized carbons (Fsp3) is 0.238. The maximum absolute atomic E-state index is 13.7. The minimum Gasteiger partial charge on any atom is -0.493 e. The van der Waals surface area contributed by atoms with Crippen LogP contribution in [0.3, 0.4) is 0 Å². The number of halogens is 3. The lowest BCUT2D eigenvalue weighted by Gasteiger charge is -2.16. The molecule has 1 amide bonds. The van der Waals surface area contributed by atoms with Crippen LogP contribution in [-0.4, -0.2) is 25.1 Å². The average molecular weight is 469 g/mol. The van der Waals surface area contributed by atoms with E-state index in [0.29, 0.717) is 27.8 Å². The number of rotatable bonds is 7. The second-order valence-electron chi connectivity index (χ2n) is 6.47. The van der Waals surface area contributed by atoms with Crippen molar-refractivity contribution in [2.45, 2.75) is 19.4 Å². The topological polar surface area (TPSA) is 60.5 Å². The number of amides is 1. The molecule has 0 aliphatic heterocycles. The summed E-state index contributed by atoms with van der Waals surface area (Å²) in [5.41, 5.74) is 1.94. The molecular formula is C21H19Cl2FN2O3S. The van der Waals surface area contributed by atoms with E-state index in [-0.39, 0.29) is 17.4 Å². The van der Waals surface area contributed by atoms with Gasteiger partial charge in [0.1, 0.15) is 10.8 Å². The van der Waals surface area contributed by atoms with Crippen LogP contribution in [0.5, 0.6) is 11.5 Å². The van der Waals surface area contributed by atoms with Gasteiger partial charge in [0.15, 0.2) is 11.5 Å². The van der Waals surface area contributed by atoms with Crippen LogP contribution in [0.1, 0.15) is 24.2 Å². The van der Waals surface area contributed by atoms with Crippen LogP contribution >= 0.6 is 34.5 Å². The zero-order valence-electron chi connectivity index (χ0n) is 16.5. The summed E-state index contributed by atoms with van der Waals surface area (Å²) < 4.78 is 24.3. The molecule has 0 spiro atoms. The molecule has 1 unspecified atom stereocenters. The number of hydrogen-bond acceptors (Lipinski definition) is 5. The van der Waals surface area contributed by atoms with E-state index < -0.39 is 11.9 Å². The van der Waals surface area contributed by atoms with Crippen LogP contribution in [0.15, 0.2) is 35.7 Å². The smallest absolute Gasteiger partial charge is 0.226 e. The zero-order chi connectivity index (χ0) is 21.8. The van der Waals surface area contributed by atoms with Crippen LogP contribution < -0.4 is 14.8 Å². The first kappa shape index (κ1) is 22.3. The van der Waals surface area contributed by atoms with Gasteiger partial charge in [0.25, 0.3) is 0 Å². The molecule has 2 aromatic carbocycles. The van der Waals surface area contributed by atoms with Crippen molar-refractivity contribution in [2.75, 3.05) is 14.2 Å². The summed E-state index contributed by atoms with van der Waals surface area (Å²) in [6.07, 6.45) is 0.0851. The van der Waals surface area contributed by atoms with Gasteiger partial charge in [-0.25, -0.2) is 9.37 Å². The highest BCUT2D eigenvalue weighted by Crippen LogP contribution is 2.33. The molecule has 158 valence electrons. The highest BCUT2D eigenvalue weighted by atomic mass is 35.5. The van der Waals surface area contributed by atoms with Crippen LogP contribution in [0.4, 0.5) is 4.39 Å². The molecule has 0 aliphatic rings. The minimum atomic E-state index is -0.587. The Labute approximate surface area is 187 Å². The summed E-state index contributed by atoms with van der Waals surface area (Å²) in [5, 5.41) is 5.62. The van der Waals surface area contributed by atoms with Gasteiger partial charge in [-0.1, -0.05) is 23.2 Å². The Hall–Kier alpha value is -2.35.